The average Bonchev–Trinajstić information content (AvgIpc) is 2.53. The topological polar surface area (TPSA) is 30.5 Å². The van der Waals surface area contributed by atoms with E-state index in [-0.39, 0.29) is 0 Å². The summed E-state index contributed by atoms with van der Waals surface area (Å²) in [6, 6.07) is 14.7. The maximum atomic E-state index is 5.45. The molecule has 2 rings (SSSR count). The first-order valence-corrected chi connectivity index (χ1v) is 6.69. The second-order valence-corrected chi connectivity index (χ2v) is 4.70. The smallest absolute Gasteiger partial charge is 0.130 e. The molecule has 1 unspecified atom stereocenters. The van der Waals surface area contributed by atoms with Crippen LogP contribution in [-0.2, 0) is 0 Å². The van der Waals surface area contributed by atoms with Gasteiger partial charge in [-0.2, -0.15) is 0 Å². The molecule has 3 heteroatoms. The van der Waals surface area contributed by atoms with Gasteiger partial charge in [-0.05, 0) is 37.2 Å². The molecule has 3 nitrogen and oxygen atoms in total. The Morgan fingerprint density at radius 1 is 0.950 bits per heavy atom. The zero-order chi connectivity index (χ0) is 14.5. The van der Waals surface area contributed by atoms with Crippen LogP contribution in [-0.4, -0.2) is 21.3 Å². The van der Waals surface area contributed by atoms with Crippen molar-refractivity contribution >= 4 is 0 Å². The number of methoxy groups -OCH3 is 2. The summed E-state index contributed by atoms with van der Waals surface area (Å²) in [5.41, 5.74) is 3.47. The summed E-state index contributed by atoms with van der Waals surface area (Å²) in [4.78, 5) is 0. The molecule has 1 atom stereocenters. The number of hydrogen-bond acceptors (Lipinski definition) is 3. The second kappa shape index (κ2) is 6.44. The zero-order valence-electron chi connectivity index (χ0n) is 12.4. The van der Waals surface area contributed by atoms with Crippen LogP contribution in [0.5, 0.6) is 11.5 Å². The molecule has 0 saturated heterocycles. The molecule has 0 bridgehead atoms. The minimum atomic E-state index is 0.349. The highest BCUT2D eigenvalue weighted by Gasteiger charge is 2.08. The molecule has 0 aliphatic carbocycles. The van der Waals surface area contributed by atoms with Crippen molar-refractivity contribution in [2.75, 3.05) is 21.3 Å². The maximum absolute atomic E-state index is 5.45. The number of ether oxygens (including phenoxy) is 2. The van der Waals surface area contributed by atoms with Crippen LogP contribution >= 0.6 is 0 Å². The van der Waals surface area contributed by atoms with E-state index < -0.39 is 0 Å². The largest absolute Gasteiger partial charge is 0.497 e. The molecular formula is C17H21NO2. The summed E-state index contributed by atoms with van der Waals surface area (Å²) in [5, 5.41) is 3.24. The predicted molar refractivity (Wildman–Crippen MR) is 82.5 cm³/mol. The quantitative estimate of drug-likeness (QED) is 0.900. The third-order valence-corrected chi connectivity index (χ3v) is 3.56. The fraction of sp³-hybridized carbons (Fsp3) is 0.294. The van der Waals surface area contributed by atoms with Crippen molar-refractivity contribution in [3.8, 4) is 22.6 Å². The van der Waals surface area contributed by atoms with Crippen LogP contribution < -0.4 is 14.8 Å². The van der Waals surface area contributed by atoms with E-state index in [0.29, 0.717) is 6.04 Å². The van der Waals surface area contributed by atoms with Crippen LogP contribution in [0.2, 0.25) is 0 Å². The van der Waals surface area contributed by atoms with Gasteiger partial charge in [-0.1, -0.05) is 24.3 Å². The lowest BCUT2D eigenvalue weighted by atomic mass is 10.0. The molecule has 0 radical (unpaired) electrons. The monoisotopic (exact) mass is 271 g/mol. The fourth-order valence-corrected chi connectivity index (χ4v) is 2.16. The van der Waals surface area contributed by atoms with E-state index in [9.17, 15) is 0 Å². The van der Waals surface area contributed by atoms with E-state index in [4.69, 9.17) is 9.47 Å². The van der Waals surface area contributed by atoms with Gasteiger partial charge in [0.1, 0.15) is 11.5 Å². The molecule has 0 saturated carbocycles. The normalized spacial score (nSPS) is 12.0. The highest BCUT2D eigenvalue weighted by molar-refractivity contribution is 5.71. The van der Waals surface area contributed by atoms with Crippen LogP contribution in [0.15, 0.2) is 42.5 Å². The van der Waals surface area contributed by atoms with Gasteiger partial charge in [0.15, 0.2) is 0 Å². The van der Waals surface area contributed by atoms with Gasteiger partial charge < -0.3 is 14.8 Å². The Kier molecular flexibility index (Phi) is 4.64. The van der Waals surface area contributed by atoms with Gasteiger partial charge in [0.25, 0.3) is 0 Å². The summed E-state index contributed by atoms with van der Waals surface area (Å²) >= 11 is 0. The molecule has 0 aliphatic heterocycles. The Balaban J connectivity index is 2.36. The third kappa shape index (κ3) is 2.94. The van der Waals surface area contributed by atoms with Gasteiger partial charge in [0.05, 0.1) is 14.2 Å². The van der Waals surface area contributed by atoms with E-state index in [2.05, 4.69) is 36.5 Å². The Labute approximate surface area is 120 Å². The number of nitrogens with one attached hydrogen (secondary N) is 1. The van der Waals surface area contributed by atoms with E-state index >= 15 is 0 Å². The highest BCUT2D eigenvalue weighted by atomic mass is 16.5. The van der Waals surface area contributed by atoms with Crippen molar-refractivity contribution in [3.05, 3.63) is 48.0 Å². The molecule has 0 aliphatic rings. The summed E-state index contributed by atoms with van der Waals surface area (Å²) in [5.74, 6) is 1.62. The van der Waals surface area contributed by atoms with E-state index in [1.807, 2.05) is 25.2 Å². The predicted octanol–water partition coefficient (Wildman–Crippen LogP) is 3.65. The number of hydrogen-bond donors (Lipinski definition) is 1. The minimum Gasteiger partial charge on any atom is -0.497 e. The molecule has 0 spiro atoms. The Morgan fingerprint density at radius 2 is 1.65 bits per heavy atom. The standard InChI is InChI=1S/C17H21NO2/c1-12(18-2)13-5-7-14(8-6-13)16-10-9-15(19-3)11-17(16)20-4/h5-12,18H,1-4H3. The van der Waals surface area contributed by atoms with Gasteiger partial charge in [0, 0.05) is 17.7 Å². The van der Waals surface area contributed by atoms with Crippen LogP contribution in [0.25, 0.3) is 11.1 Å². The van der Waals surface area contributed by atoms with E-state index in [1.54, 1.807) is 14.2 Å². The highest BCUT2D eigenvalue weighted by Crippen LogP contribution is 2.33. The second-order valence-electron chi connectivity index (χ2n) is 4.70. The van der Waals surface area contributed by atoms with Crippen LogP contribution in [0.1, 0.15) is 18.5 Å². The van der Waals surface area contributed by atoms with Gasteiger partial charge in [-0.15, -0.1) is 0 Å². The molecule has 1 N–H and O–H groups in total. The average molecular weight is 271 g/mol. The Bertz CT molecular complexity index is 564. The molecule has 0 amide bonds. The van der Waals surface area contributed by atoms with Crippen LogP contribution in [0.4, 0.5) is 0 Å². The summed E-state index contributed by atoms with van der Waals surface area (Å²) in [6.45, 7) is 2.14. The van der Waals surface area contributed by atoms with Gasteiger partial charge in [-0.3, -0.25) is 0 Å². The van der Waals surface area contributed by atoms with Gasteiger partial charge >= 0.3 is 0 Å². The van der Waals surface area contributed by atoms with Crippen molar-refractivity contribution in [1.29, 1.82) is 0 Å². The van der Waals surface area contributed by atoms with E-state index in [1.165, 1.54) is 5.56 Å². The van der Waals surface area contributed by atoms with Crippen molar-refractivity contribution in [3.63, 3.8) is 0 Å². The fourth-order valence-electron chi connectivity index (χ4n) is 2.16. The molecule has 20 heavy (non-hydrogen) atoms. The number of rotatable bonds is 5. The summed E-state index contributed by atoms with van der Waals surface area (Å²) in [6.07, 6.45) is 0. The van der Waals surface area contributed by atoms with Crippen molar-refractivity contribution < 1.29 is 9.47 Å². The SMILES string of the molecule is CNC(C)c1ccc(-c2ccc(OC)cc2OC)cc1. The molecule has 0 fully saturated rings. The minimum absolute atomic E-state index is 0.349. The lowest BCUT2D eigenvalue weighted by Gasteiger charge is -2.13. The van der Waals surface area contributed by atoms with Crippen molar-refractivity contribution in [1.82, 2.24) is 5.32 Å². The first kappa shape index (κ1) is 14.4. The molecule has 106 valence electrons. The molecule has 0 aromatic heterocycles. The van der Waals surface area contributed by atoms with Crippen molar-refractivity contribution in [2.45, 2.75) is 13.0 Å². The van der Waals surface area contributed by atoms with E-state index in [0.717, 1.165) is 22.6 Å². The zero-order valence-corrected chi connectivity index (χ0v) is 12.4. The maximum Gasteiger partial charge on any atom is 0.130 e. The first-order chi connectivity index (χ1) is 9.69. The van der Waals surface area contributed by atoms with Gasteiger partial charge in [0.2, 0.25) is 0 Å². The Hall–Kier alpha value is -2.00. The lowest BCUT2D eigenvalue weighted by molar-refractivity contribution is 0.395. The molecule has 0 heterocycles. The van der Waals surface area contributed by atoms with Crippen molar-refractivity contribution in [2.24, 2.45) is 0 Å². The Morgan fingerprint density at radius 3 is 2.20 bits per heavy atom. The first-order valence-electron chi connectivity index (χ1n) is 6.69. The lowest BCUT2D eigenvalue weighted by Crippen LogP contribution is -2.11. The summed E-state index contributed by atoms with van der Waals surface area (Å²) < 4.78 is 10.7. The summed E-state index contributed by atoms with van der Waals surface area (Å²) in [7, 11) is 5.29. The molecule has 2 aromatic rings. The number of benzene rings is 2. The van der Waals surface area contributed by atoms with Crippen LogP contribution in [0.3, 0.4) is 0 Å². The van der Waals surface area contributed by atoms with Gasteiger partial charge in [-0.25, -0.2) is 0 Å². The third-order valence-electron chi connectivity index (χ3n) is 3.56. The molecular weight excluding hydrogens is 250 g/mol. The molecule has 2 aromatic carbocycles. The van der Waals surface area contributed by atoms with Crippen LogP contribution in [0, 0.1) is 0 Å².